The smallest absolute Gasteiger partial charge is 0.227 e. The van der Waals surface area contributed by atoms with Gasteiger partial charge in [-0.15, -0.1) is 0 Å². The van der Waals surface area contributed by atoms with Crippen LogP contribution in [0, 0.1) is 13.8 Å². The van der Waals surface area contributed by atoms with Crippen LogP contribution in [0.3, 0.4) is 0 Å². The highest BCUT2D eigenvalue weighted by Crippen LogP contribution is 2.30. The van der Waals surface area contributed by atoms with E-state index in [1.165, 1.54) is 0 Å². The highest BCUT2D eigenvalue weighted by atomic mass is 16.3. The number of aromatic nitrogens is 1. The van der Waals surface area contributed by atoms with Gasteiger partial charge < -0.3 is 9.73 Å². The zero-order valence-electron chi connectivity index (χ0n) is 11.3. The first-order valence-corrected chi connectivity index (χ1v) is 6.36. The SMILES string of the molecule is Cc1ccc2oc(-c3cccc(NC=O)c3C)nc2c1. The molecule has 1 aromatic heterocycles. The fourth-order valence-corrected chi connectivity index (χ4v) is 2.24. The monoisotopic (exact) mass is 266 g/mol. The molecule has 3 aromatic rings. The van der Waals surface area contributed by atoms with E-state index in [1.807, 2.05) is 50.2 Å². The molecule has 0 saturated heterocycles. The van der Waals surface area contributed by atoms with Crippen LogP contribution in [0.1, 0.15) is 11.1 Å². The van der Waals surface area contributed by atoms with Crippen LogP contribution in [-0.2, 0) is 4.79 Å². The quantitative estimate of drug-likeness (QED) is 0.736. The Balaban J connectivity index is 2.15. The average Bonchev–Trinajstić information content (AvgIpc) is 2.84. The van der Waals surface area contributed by atoms with E-state index in [2.05, 4.69) is 10.3 Å². The Kier molecular flexibility index (Phi) is 2.99. The summed E-state index contributed by atoms with van der Waals surface area (Å²) >= 11 is 0. The average molecular weight is 266 g/mol. The van der Waals surface area contributed by atoms with E-state index in [1.54, 1.807) is 0 Å². The lowest BCUT2D eigenvalue weighted by Gasteiger charge is -2.07. The number of hydrogen-bond acceptors (Lipinski definition) is 3. The van der Waals surface area contributed by atoms with E-state index in [0.717, 1.165) is 33.5 Å². The van der Waals surface area contributed by atoms with Gasteiger partial charge in [0, 0.05) is 11.3 Å². The molecule has 0 spiro atoms. The predicted molar refractivity (Wildman–Crippen MR) is 78.6 cm³/mol. The molecule has 1 amide bonds. The number of benzene rings is 2. The molecule has 1 heterocycles. The molecule has 0 atom stereocenters. The number of anilines is 1. The van der Waals surface area contributed by atoms with Gasteiger partial charge in [-0.2, -0.15) is 0 Å². The lowest BCUT2D eigenvalue weighted by atomic mass is 10.1. The van der Waals surface area contributed by atoms with E-state index in [-0.39, 0.29) is 0 Å². The van der Waals surface area contributed by atoms with Gasteiger partial charge in [-0.1, -0.05) is 12.1 Å². The topological polar surface area (TPSA) is 55.1 Å². The third-order valence-electron chi connectivity index (χ3n) is 3.32. The van der Waals surface area contributed by atoms with E-state index in [4.69, 9.17) is 4.42 Å². The van der Waals surface area contributed by atoms with E-state index in [9.17, 15) is 4.79 Å². The minimum absolute atomic E-state index is 0.567. The van der Waals surface area contributed by atoms with Crippen molar-refractivity contribution in [3.8, 4) is 11.5 Å². The fraction of sp³-hybridized carbons (Fsp3) is 0.125. The minimum Gasteiger partial charge on any atom is -0.436 e. The number of amides is 1. The number of aryl methyl sites for hydroxylation is 1. The molecule has 3 rings (SSSR count). The van der Waals surface area contributed by atoms with Crippen LogP contribution in [0.25, 0.3) is 22.6 Å². The second kappa shape index (κ2) is 4.81. The van der Waals surface area contributed by atoms with Crippen LogP contribution in [0.5, 0.6) is 0 Å². The molecule has 4 nitrogen and oxygen atoms in total. The summed E-state index contributed by atoms with van der Waals surface area (Å²) in [6.07, 6.45) is 0.668. The van der Waals surface area contributed by atoms with Crippen molar-refractivity contribution in [2.45, 2.75) is 13.8 Å². The van der Waals surface area contributed by atoms with Gasteiger partial charge in [0.15, 0.2) is 5.58 Å². The third kappa shape index (κ3) is 2.05. The molecule has 0 bridgehead atoms. The van der Waals surface area contributed by atoms with E-state index >= 15 is 0 Å². The summed E-state index contributed by atoms with van der Waals surface area (Å²) < 4.78 is 5.80. The Morgan fingerprint density at radius 3 is 2.85 bits per heavy atom. The minimum atomic E-state index is 0.567. The van der Waals surface area contributed by atoms with Crippen LogP contribution in [-0.4, -0.2) is 11.4 Å². The van der Waals surface area contributed by atoms with Crippen molar-refractivity contribution in [1.29, 1.82) is 0 Å². The Morgan fingerprint density at radius 2 is 2.05 bits per heavy atom. The third-order valence-corrected chi connectivity index (χ3v) is 3.32. The van der Waals surface area contributed by atoms with E-state index < -0.39 is 0 Å². The van der Waals surface area contributed by atoms with Gasteiger partial charge >= 0.3 is 0 Å². The second-order valence-electron chi connectivity index (χ2n) is 4.73. The summed E-state index contributed by atoms with van der Waals surface area (Å²) in [7, 11) is 0. The van der Waals surface area contributed by atoms with Crippen molar-refractivity contribution in [1.82, 2.24) is 4.98 Å². The lowest BCUT2D eigenvalue weighted by molar-refractivity contribution is -0.105. The molecule has 0 fully saturated rings. The summed E-state index contributed by atoms with van der Waals surface area (Å²) in [4.78, 5) is 15.1. The van der Waals surface area contributed by atoms with Crippen LogP contribution in [0.15, 0.2) is 40.8 Å². The van der Waals surface area contributed by atoms with Gasteiger partial charge in [0.25, 0.3) is 0 Å². The Morgan fingerprint density at radius 1 is 1.20 bits per heavy atom. The molecule has 0 saturated carbocycles. The maximum Gasteiger partial charge on any atom is 0.227 e. The van der Waals surface area contributed by atoms with Crippen molar-refractivity contribution >= 4 is 23.2 Å². The summed E-state index contributed by atoms with van der Waals surface area (Å²) in [5, 5.41) is 2.68. The molecule has 0 aliphatic carbocycles. The Labute approximate surface area is 116 Å². The predicted octanol–water partition coefficient (Wildman–Crippen LogP) is 3.68. The van der Waals surface area contributed by atoms with Crippen molar-refractivity contribution in [3.05, 3.63) is 47.5 Å². The first kappa shape index (κ1) is 12.4. The summed E-state index contributed by atoms with van der Waals surface area (Å²) in [6.45, 7) is 3.95. The number of fused-ring (bicyclic) bond motifs is 1. The van der Waals surface area contributed by atoms with Crippen molar-refractivity contribution < 1.29 is 9.21 Å². The largest absolute Gasteiger partial charge is 0.436 e. The number of carbonyl (C=O) groups is 1. The highest BCUT2D eigenvalue weighted by Gasteiger charge is 2.12. The number of rotatable bonds is 3. The number of oxazole rings is 1. The fourth-order valence-electron chi connectivity index (χ4n) is 2.24. The van der Waals surface area contributed by atoms with Crippen LogP contribution < -0.4 is 5.32 Å². The number of nitrogens with one attached hydrogen (secondary N) is 1. The summed E-state index contributed by atoms with van der Waals surface area (Å²) in [6, 6.07) is 11.6. The molecule has 0 radical (unpaired) electrons. The maximum atomic E-state index is 10.6. The Hall–Kier alpha value is -2.62. The van der Waals surface area contributed by atoms with Crippen LogP contribution in [0.4, 0.5) is 5.69 Å². The van der Waals surface area contributed by atoms with Gasteiger partial charge in [0.05, 0.1) is 0 Å². The number of hydrogen-bond donors (Lipinski definition) is 1. The van der Waals surface area contributed by atoms with Crippen molar-refractivity contribution in [3.63, 3.8) is 0 Å². The molecule has 2 aromatic carbocycles. The van der Waals surface area contributed by atoms with Gasteiger partial charge in [-0.05, 0) is 49.2 Å². The zero-order valence-corrected chi connectivity index (χ0v) is 11.3. The second-order valence-corrected chi connectivity index (χ2v) is 4.73. The Bertz CT molecular complexity index is 790. The lowest BCUT2D eigenvalue weighted by Crippen LogP contribution is -1.97. The van der Waals surface area contributed by atoms with Crippen molar-refractivity contribution in [2.24, 2.45) is 0 Å². The summed E-state index contributed by atoms with van der Waals surface area (Å²) in [5.74, 6) is 0.567. The molecule has 20 heavy (non-hydrogen) atoms. The molecule has 0 aliphatic heterocycles. The van der Waals surface area contributed by atoms with Crippen LogP contribution in [0.2, 0.25) is 0 Å². The maximum absolute atomic E-state index is 10.6. The van der Waals surface area contributed by atoms with Gasteiger partial charge in [0.2, 0.25) is 12.3 Å². The van der Waals surface area contributed by atoms with Gasteiger partial charge in [-0.25, -0.2) is 4.98 Å². The van der Waals surface area contributed by atoms with E-state index in [0.29, 0.717) is 12.3 Å². The van der Waals surface area contributed by atoms with Gasteiger partial charge in [0.1, 0.15) is 5.52 Å². The molecule has 1 N–H and O–H groups in total. The summed E-state index contributed by atoms with van der Waals surface area (Å²) in [5.41, 5.74) is 5.32. The molecule has 0 unspecified atom stereocenters. The van der Waals surface area contributed by atoms with Gasteiger partial charge in [-0.3, -0.25) is 4.79 Å². The number of nitrogens with zero attached hydrogens (tertiary/aromatic N) is 1. The molecular weight excluding hydrogens is 252 g/mol. The van der Waals surface area contributed by atoms with Crippen LogP contribution >= 0.6 is 0 Å². The zero-order chi connectivity index (χ0) is 14.1. The normalized spacial score (nSPS) is 10.7. The highest BCUT2D eigenvalue weighted by molar-refractivity contribution is 5.81. The standard InChI is InChI=1S/C16H14N2O2/c1-10-6-7-15-14(8-10)18-16(20-15)12-4-3-5-13(11(12)2)17-9-19/h3-9H,1-2H3,(H,17,19). The molecule has 0 aliphatic rings. The molecule has 100 valence electrons. The molecule has 4 heteroatoms. The molecular formula is C16H14N2O2. The first-order valence-electron chi connectivity index (χ1n) is 6.36. The number of carbonyl (C=O) groups excluding carboxylic acids is 1. The first-order chi connectivity index (χ1) is 9.69. The van der Waals surface area contributed by atoms with Crippen molar-refractivity contribution in [2.75, 3.05) is 5.32 Å².